The van der Waals surface area contributed by atoms with E-state index in [4.69, 9.17) is 11.6 Å². The van der Waals surface area contributed by atoms with Crippen LogP contribution in [0.25, 0.3) is 22.3 Å². The van der Waals surface area contributed by atoms with Crippen molar-refractivity contribution in [1.29, 1.82) is 0 Å². The maximum absolute atomic E-state index is 12.4. The Morgan fingerprint density at radius 1 is 0.960 bits per heavy atom. The zero-order valence-corrected chi connectivity index (χ0v) is 14.4. The molecule has 25 heavy (non-hydrogen) atoms. The number of halogens is 1. The quantitative estimate of drug-likeness (QED) is 0.572. The lowest BCUT2D eigenvalue weighted by Crippen LogP contribution is -2.13. The van der Waals surface area contributed by atoms with Crippen LogP contribution in [0.2, 0.25) is 5.02 Å². The van der Waals surface area contributed by atoms with E-state index in [1.54, 1.807) is 12.1 Å². The fraction of sp³-hybridized carbons (Fsp3) is 0. The largest absolute Gasteiger partial charge is 0.295 e. The molecule has 5 nitrogen and oxygen atoms in total. The van der Waals surface area contributed by atoms with Gasteiger partial charge in [0.1, 0.15) is 5.69 Å². The van der Waals surface area contributed by atoms with Crippen LogP contribution in [-0.4, -0.2) is 20.2 Å². The minimum absolute atomic E-state index is 0.326. The monoisotopic (exact) mass is 366 g/mol. The Bertz CT molecular complexity index is 1080. The molecule has 4 rings (SSSR count). The molecule has 0 aliphatic heterocycles. The Morgan fingerprint density at radius 2 is 1.76 bits per heavy atom. The highest BCUT2D eigenvalue weighted by Gasteiger charge is 2.14. The number of pyridine rings is 1. The second-order valence-corrected chi connectivity index (χ2v) is 6.41. The molecule has 0 radical (unpaired) electrons. The molecule has 0 unspecified atom stereocenters. The Hall–Kier alpha value is -2.83. The van der Waals surface area contributed by atoms with Gasteiger partial charge in [-0.1, -0.05) is 48.0 Å². The fourth-order valence-corrected chi connectivity index (χ4v) is 3.18. The predicted molar refractivity (Wildman–Crippen MR) is 100 cm³/mol. The number of nitrogens with one attached hydrogen (secondary N) is 1. The number of hydrogen-bond donors (Lipinski definition) is 1. The van der Waals surface area contributed by atoms with Gasteiger partial charge in [-0.3, -0.25) is 10.1 Å². The lowest BCUT2D eigenvalue weighted by atomic mass is 10.2. The van der Waals surface area contributed by atoms with Crippen LogP contribution < -0.4 is 5.32 Å². The highest BCUT2D eigenvalue weighted by atomic mass is 35.5. The summed E-state index contributed by atoms with van der Waals surface area (Å²) in [4.78, 5) is 21.1. The van der Waals surface area contributed by atoms with Crippen LogP contribution in [0.1, 0.15) is 10.5 Å². The third-order valence-corrected chi connectivity index (χ3v) is 4.55. The van der Waals surface area contributed by atoms with Crippen LogP contribution in [0.15, 0.2) is 60.7 Å². The van der Waals surface area contributed by atoms with Gasteiger partial charge in [-0.05, 0) is 24.3 Å². The van der Waals surface area contributed by atoms with Gasteiger partial charge in [-0.15, -0.1) is 0 Å². The highest BCUT2D eigenvalue weighted by molar-refractivity contribution is 7.10. The lowest BCUT2D eigenvalue weighted by Gasteiger charge is -2.02. The maximum Gasteiger partial charge on any atom is 0.276 e. The van der Waals surface area contributed by atoms with Crippen molar-refractivity contribution < 1.29 is 4.79 Å². The highest BCUT2D eigenvalue weighted by Crippen LogP contribution is 2.27. The van der Waals surface area contributed by atoms with Gasteiger partial charge in [0.15, 0.2) is 5.82 Å². The van der Waals surface area contributed by atoms with Crippen LogP contribution in [0, 0.1) is 0 Å². The number of fused-ring (bicyclic) bond motifs is 1. The molecule has 0 bridgehead atoms. The van der Waals surface area contributed by atoms with Gasteiger partial charge < -0.3 is 0 Å². The van der Waals surface area contributed by atoms with Gasteiger partial charge >= 0.3 is 0 Å². The van der Waals surface area contributed by atoms with E-state index in [-0.39, 0.29) is 5.91 Å². The second kappa shape index (κ2) is 6.58. The van der Waals surface area contributed by atoms with Gasteiger partial charge in [0.05, 0.1) is 10.5 Å². The molecule has 7 heteroatoms. The van der Waals surface area contributed by atoms with Gasteiger partial charge in [-0.2, -0.15) is 9.36 Å². The first-order valence-electron chi connectivity index (χ1n) is 7.46. The molecule has 0 atom stereocenters. The molecule has 1 N–H and O–H groups in total. The molecular weight excluding hydrogens is 356 g/mol. The third-order valence-electron chi connectivity index (χ3n) is 3.59. The van der Waals surface area contributed by atoms with Crippen molar-refractivity contribution in [2.45, 2.75) is 0 Å². The van der Waals surface area contributed by atoms with E-state index in [0.29, 0.717) is 21.7 Å². The van der Waals surface area contributed by atoms with Crippen LogP contribution in [0.4, 0.5) is 5.13 Å². The molecule has 1 amide bonds. The fourth-order valence-electron chi connectivity index (χ4n) is 2.38. The first-order chi connectivity index (χ1) is 12.2. The second-order valence-electron chi connectivity index (χ2n) is 5.25. The normalized spacial score (nSPS) is 10.8. The number of aromatic nitrogens is 3. The Kier molecular flexibility index (Phi) is 4.13. The number of carbonyl (C=O) groups excluding carboxylic acids is 1. The van der Waals surface area contributed by atoms with E-state index in [2.05, 4.69) is 19.7 Å². The first-order valence-corrected chi connectivity index (χ1v) is 8.61. The van der Waals surface area contributed by atoms with Gasteiger partial charge in [0.2, 0.25) is 5.13 Å². The number of rotatable bonds is 3. The van der Waals surface area contributed by atoms with Crippen molar-refractivity contribution in [3.63, 3.8) is 0 Å². The van der Waals surface area contributed by atoms with Crippen LogP contribution in [-0.2, 0) is 0 Å². The van der Waals surface area contributed by atoms with E-state index in [0.717, 1.165) is 28.0 Å². The van der Waals surface area contributed by atoms with Crippen molar-refractivity contribution in [3.05, 3.63) is 71.4 Å². The Morgan fingerprint density at radius 3 is 2.64 bits per heavy atom. The number of hydrogen-bond acceptors (Lipinski definition) is 5. The number of nitrogens with zero attached hydrogens (tertiary/aromatic N) is 3. The topological polar surface area (TPSA) is 67.8 Å². The summed E-state index contributed by atoms with van der Waals surface area (Å²) in [5, 5.41) is 4.68. The number of anilines is 1. The summed E-state index contributed by atoms with van der Waals surface area (Å²) >= 11 is 7.25. The molecule has 0 spiro atoms. The minimum Gasteiger partial charge on any atom is -0.295 e. The third kappa shape index (κ3) is 3.22. The molecule has 2 heterocycles. The van der Waals surface area contributed by atoms with Crippen LogP contribution >= 0.6 is 23.1 Å². The molecule has 4 aromatic rings. The van der Waals surface area contributed by atoms with Crippen LogP contribution in [0.5, 0.6) is 0 Å². The lowest BCUT2D eigenvalue weighted by molar-refractivity contribution is 0.102. The van der Waals surface area contributed by atoms with E-state index in [9.17, 15) is 4.79 Å². The van der Waals surface area contributed by atoms with Crippen molar-refractivity contribution >= 4 is 45.1 Å². The molecular formula is C18H11ClN4OS. The van der Waals surface area contributed by atoms with Gasteiger partial charge in [0, 0.05) is 22.5 Å². The SMILES string of the molecule is O=C(Nc1nc(-c2ccccc2Cl)ns1)c1ccc2ccccc2n1. The van der Waals surface area contributed by atoms with Crippen molar-refractivity contribution in [3.8, 4) is 11.4 Å². The number of amides is 1. The molecule has 122 valence electrons. The average Bonchev–Trinajstić information content (AvgIpc) is 3.10. The predicted octanol–water partition coefficient (Wildman–Crippen LogP) is 4.66. The van der Waals surface area contributed by atoms with Crippen molar-refractivity contribution in [2.24, 2.45) is 0 Å². The summed E-state index contributed by atoms with van der Waals surface area (Å²) in [5.41, 5.74) is 1.82. The number of benzene rings is 2. The Labute approximate surface area is 152 Å². The molecule has 2 aromatic carbocycles. The summed E-state index contributed by atoms with van der Waals surface area (Å²) in [6.07, 6.45) is 0. The zero-order chi connectivity index (χ0) is 17.2. The number of para-hydroxylation sites is 1. The Balaban J connectivity index is 1.57. The van der Waals surface area contributed by atoms with Crippen LogP contribution in [0.3, 0.4) is 0 Å². The van der Waals surface area contributed by atoms with Gasteiger partial charge in [0.25, 0.3) is 5.91 Å². The first kappa shape index (κ1) is 15.7. The standard InChI is InChI=1S/C18H11ClN4OS/c19-13-7-3-2-6-12(13)16-21-18(25-23-16)22-17(24)15-10-9-11-5-1-4-8-14(11)20-15/h1-10H,(H,21,22,23,24). The van der Waals surface area contributed by atoms with Crippen molar-refractivity contribution in [2.75, 3.05) is 5.32 Å². The molecule has 0 saturated heterocycles. The maximum atomic E-state index is 12.4. The molecule has 0 aliphatic carbocycles. The minimum atomic E-state index is -0.326. The summed E-state index contributed by atoms with van der Waals surface area (Å²) in [6, 6.07) is 18.5. The average molecular weight is 367 g/mol. The van der Waals surface area contributed by atoms with E-state index in [1.165, 1.54) is 0 Å². The summed E-state index contributed by atoms with van der Waals surface area (Å²) in [5.74, 6) is 0.157. The summed E-state index contributed by atoms with van der Waals surface area (Å²) < 4.78 is 4.25. The summed E-state index contributed by atoms with van der Waals surface area (Å²) in [6.45, 7) is 0. The van der Waals surface area contributed by atoms with E-state index >= 15 is 0 Å². The molecule has 2 aromatic heterocycles. The number of carbonyl (C=O) groups is 1. The smallest absolute Gasteiger partial charge is 0.276 e. The van der Waals surface area contributed by atoms with Gasteiger partial charge in [-0.25, -0.2) is 4.98 Å². The zero-order valence-electron chi connectivity index (χ0n) is 12.8. The van der Waals surface area contributed by atoms with Crippen molar-refractivity contribution in [1.82, 2.24) is 14.3 Å². The molecule has 0 saturated carbocycles. The molecule has 0 aliphatic rings. The van der Waals surface area contributed by atoms with E-state index in [1.807, 2.05) is 48.5 Å². The summed E-state index contributed by atoms with van der Waals surface area (Å²) in [7, 11) is 0. The molecule has 0 fully saturated rings. The van der Waals surface area contributed by atoms with E-state index < -0.39 is 0 Å².